The molecule has 0 amide bonds. The molecule has 0 saturated carbocycles. The van der Waals surface area contributed by atoms with E-state index >= 15 is 0 Å². The lowest BCUT2D eigenvalue weighted by molar-refractivity contribution is 0.178. The van der Waals surface area contributed by atoms with Crippen LogP contribution in [0.15, 0.2) is 12.7 Å². The van der Waals surface area contributed by atoms with Crippen molar-refractivity contribution in [2.75, 3.05) is 13.1 Å². The van der Waals surface area contributed by atoms with E-state index < -0.39 is 0 Å². The number of piperidine rings is 1. The zero-order chi connectivity index (χ0) is 8.27. The Balaban J connectivity index is 2.36. The number of likely N-dealkylation sites (tertiary alicyclic amines) is 1. The van der Waals surface area contributed by atoms with Crippen molar-refractivity contribution in [2.45, 2.75) is 20.3 Å². The zero-order valence-electron chi connectivity index (χ0n) is 7.59. The second kappa shape index (κ2) is 3.91. The van der Waals surface area contributed by atoms with Crippen LogP contribution in [0.1, 0.15) is 20.3 Å². The fourth-order valence-electron chi connectivity index (χ4n) is 1.98. The molecule has 2 atom stereocenters. The molecule has 1 heteroatoms. The predicted molar refractivity (Wildman–Crippen MR) is 49.0 cm³/mol. The molecule has 1 saturated heterocycles. The van der Waals surface area contributed by atoms with Gasteiger partial charge in [-0.05, 0) is 18.3 Å². The molecule has 1 nitrogen and oxygen atoms in total. The summed E-state index contributed by atoms with van der Waals surface area (Å²) in [6.45, 7) is 12.9. The molecule has 0 aromatic rings. The standard InChI is InChI=1S/C10H18N/c1-4-5-11-7-9(2)6-10(3)8-11/h4-5,9-10H,1,6-8H2,2-3H3. The van der Waals surface area contributed by atoms with E-state index in [0.29, 0.717) is 0 Å². The third kappa shape index (κ3) is 2.66. The van der Waals surface area contributed by atoms with Crippen LogP contribution in [0, 0.1) is 18.4 Å². The van der Waals surface area contributed by atoms with Crippen LogP contribution in [0.2, 0.25) is 0 Å². The van der Waals surface area contributed by atoms with E-state index in [2.05, 4.69) is 31.9 Å². The minimum Gasteiger partial charge on any atom is -0.295 e. The molecule has 1 aliphatic rings. The van der Waals surface area contributed by atoms with E-state index in [0.717, 1.165) is 11.8 Å². The SMILES string of the molecule is C=C[CH]N1CC(C)CC(C)C1. The van der Waals surface area contributed by atoms with Gasteiger partial charge in [0.2, 0.25) is 0 Å². The summed E-state index contributed by atoms with van der Waals surface area (Å²) in [7, 11) is 0. The third-order valence-corrected chi connectivity index (χ3v) is 2.21. The topological polar surface area (TPSA) is 3.24 Å². The Morgan fingerprint density at radius 3 is 2.27 bits per heavy atom. The molecule has 1 fully saturated rings. The molecular formula is C10H18N. The number of nitrogens with zero attached hydrogens (tertiary/aromatic N) is 1. The van der Waals surface area contributed by atoms with Gasteiger partial charge in [0.05, 0.1) is 0 Å². The van der Waals surface area contributed by atoms with E-state index in [-0.39, 0.29) is 0 Å². The molecule has 0 aromatic heterocycles. The first kappa shape index (κ1) is 8.79. The lowest BCUT2D eigenvalue weighted by atomic mass is 9.92. The van der Waals surface area contributed by atoms with E-state index in [1.807, 2.05) is 6.08 Å². The summed E-state index contributed by atoms with van der Waals surface area (Å²) in [5.74, 6) is 1.69. The molecule has 2 unspecified atom stereocenters. The van der Waals surface area contributed by atoms with Crippen molar-refractivity contribution < 1.29 is 0 Å². The predicted octanol–water partition coefficient (Wildman–Crippen LogP) is 2.31. The van der Waals surface area contributed by atoms with Gasteiger partial charge in [0.1, 0.15) is 0 Å². The summed E-state index contributed by atoms with van der Waals surface area (Å²) in [5, 5.41) is 0. The molecule has 11 heavy (non-hydrogen) atoms. The molecule has 1 aliphatic heterocycles. The molecule has 1 radical (unpaired) electrons. The van der Waals surface area contributed by atoms with Crippen LogP contribution >= 0.6 is 0 Å². The first-order chi connectivity index (χ1) is 5.22. The lowest BCUT2D eigenvalue weighted by Gasteiger charge is -2.33. The van der Waals surface area contributed by atoms with Crippen molar-refractivity contribution in [3.05, 3.63) is 19.2 Å². The molecule has 1 heterocycles. The Labute approximate surface area is 70.1 Å². The Hall–Kier alpha value is -0.300. The van der Waals surface area contributed by atoms with Gasteiger partial charge in [-0.2, -0.15) is 0 Å². The van der Waals surface area contributed by atoms with Crippen LogP contribution in [-0.4, -0.2) is 18.0 Å². The monoisotopic (exact) mass is 152 g/mol. The van der Waals surface area contributed by atoms with E-state index in [1.54, 1.807) is 0 Å². The van der Waals surface area contributed by atoms with Gasteiger partial charge in [-0.15, -0.1) is 6.58 Å². The van der Waals surface area contributed by atoms with Crippen LogP contribution in [0.3, 0.4) is 0 Å². The van der Waals surface area contributed by atoms with Crippen LogP contribution < -0.4 is 0 Å². The molecule has 0 spiro atoms. The van der Waals surface area contributed by atoms with Gasteiger partial charge in [-0.25, -0.2) is 0 Å². The molecule has 0 aromatic carbocycles. The highest BCUT2D eigenvalue weighted by atomic mass is 15.1. The molecule has 63 valence electrons. The Morgan fingerprint density at radius 1 is 1.27 bits per heavy atom. The van der Waals surface area contributed by atoms with E-state index in [4.69, 9.17) is 0 Å². The summed E-state index contributed by atoms with van der Waals surface area (Å²) in [6, 6.07) is 0. The minimum atomic E-state index is 0.843. The van der Waals surface area contributed by atoms with E-state index in [9.17, 15) is 0 Å². The van der Waals surface area contributed by atoms with Crippen LogP contribution in [0.25, 0.3) is 0 Å². The normalized spacial score (nSPS) is 33.6. The highest BCUT2D eigenvalue weighted by Gasteiger charge is 2.20. The summed E-state index contributed by atoms with van der Waals surface area (Å²) < 4.78 is 0. The highest BCUT2D eigenvalue weighted by Crippen LogP contribution is 2.21. The van der Waals surface area contributed by atoms with Crippen molar-refractivity contribution >= 4 is 0 Å². The Kier molecular flexibility index (Phi) is 3.13. The first-order valence-electron chi connectivity index (χ1n) is 4.42. The van der Waals surface area contributed by atoms with Gasteiger partial charge < -0.3 is 0 Å². The quantitative estimate of drug-likeness (QED) is 0.587. The summed E-state index contributed by atoms with van der Waals surface area (Å²) in [4.78, 5) is 2.37. The molecule has 0 N–H and O–H groups in total. The van der Waals surface area contributed by atoms with Crippen LogP contribution in [0.4, 0.5) is 0 Å². The maximum absolute atomic E-state index is 3.71. The largest absolute Gasteiger partial charge is 0.295 e. The first-order valence-corrected chi connectivity index (χ1v) is 4.42. The van der Waals surface area contributed by atoms with Crippen molar-refractivity contribution in [2.24, 2.45) is 11.8 Å². The van der Waals surface area contributed by atoms with Gasteiger partial charge >= 0.3 is 0 Å². The third-order valence-electron chi connectivity index (χ3n) is 2.21. The van der Waals surface area contributed by atoms with Gasteiger partial charge in [-0.3, -0.25) is 4.90 Å². The van der Waals surface area contributed by atoms with Crippen molar-refractivity contribution in [3.63, 3.8) is 0 Å². The lowest BCUT2D eigenvalue weighted by Crippen LogP contribution is -2.36. The smallest absolute Gasteiger partial charge is 0.0467 e. The fraction of sp³-hybridized carbons (Fsp3) is 0.700. The fourth-order valence-corrected chi connectivity index (χ4v) is 1.98. The second-order valence-electron chi connectivity index (χ2n) is 3.78. The number of rotatable bonds is 2. The minimum absolute atomic E-state index is 0.843. The summed E-state index contributed by atoms with van der Waals surface area (Å²) in [5.41, 5.74) is 0. The van der Waals surface area contributed by atoms with Gasteiger partial charge in [0.15, 0.2) is 0 Å². The highest BCUT2D eigenvalue weighted by molar-refractivity contribution is 4.90. The zero-order valence-corrected chi connectivity index (χ0v) is 7.59. The number of hydrogen-bond acceptors (Lipinski definition) is 1. The van der Waals surface area contributed by atoms with E-state index in [1.165, 1.54) is 19.5 Å². The van der Waals surface area contributed by atoms with Crippen molar-refractivity contribution in [3.8, 4) is 0 Å². The Bertz CT molecular complexity index is 121. The van der Waals surface area contributed by atoms with Gasteiger partial charge in [-0.1, -0.05) is 19.9 Å². The van der Waals surface area contributed by atoms with Crippen molar-refractivity contribution in [1.82, 2.24) is 4.90 Å². The molecule has 1 rings (SSSR count). The average molecular weight is 152 g/mol. The summed E-state index contributed by atoms with van der Waals surface area (Å²) in [6.07, 6.45) is 3.26. The maximum atomic E-state index is 3.71. The molecule has 0 aliphatic carbocycles. The van der Waals surface area contributed by atoms with Gasteiger partial charge in [0.25, 0.3) is 0 Å². The second-order valence-corrected chi connectivity index (χ2v) is 3.78. The van der Waals surface area contributed by atoms with Crippen molar-refractivity contribution in [1.29, 1.82) is 0 Å². The molecular weight excluding hydrogens is 134 g/mol. The Morgan fingerprint density at radius 2 is 1.82 bits per heavy atom. The maximum Gasteiger partial charge on any atom is 0.0467 e. The van der Waals surface area contributed by atoms with Crippen LogP contribution in [-0.2, 0) is 0 Å². The molecule has 0 bridgehead atoms. The average Bonchev–Trinajstić information content (AvgIpc) is 1.85. The summed E-state index contributed by atoms with van der Waals surface area (Å²) >= 11 is 0. The van der Waals surface area contributed by atoms with Crippen LogP contribution in [0.5, 0.6) is 0 Å². The number of hydrogen-bond donors (Lipinski definition) is 0. The van der Waals surface area contributed by atoms with Gasteiger partial charge in [0, 0.05) is 19.6 Å².